The summed E-state index contributed by atoms with van der Waals surface area (Å²) in [6.45, 7) is 5.11. The number of rotatable bonds is 7. The number of nitrogens with zero attached hydrogens (tertiary/aromatic N) is 1. The lowest BCUT2D eigenvalue weighted by Crippen LogP contribution is -2.23. The van der Waals surface area contributed by atoms with Gasteiger partial charge < -0.3 is 19.7 Å². The van der Waals surface area contributed by atoms with Crippen LogP contribution in [-0.4, -0.2) is 39.8 Å². The Balaban J connectivity index is 1.96. The van der Waals surface area contributed by atoms with Gasteiger partial charge >= 0.3 is 0 Å². The normalized spacial score (nSPS) is 9.78. The minimum absolute atomic E-state index is 0.198. The molecule has 142 valence electrons. The smallest absolute Gasteiger partial charge is 0.252 e. The molecule has 0 aliphatic carbocycles. The minimum Gasteiger partial charge on any atom is -0.490 e. The van der Waals surface area contributed by atoms with Gasteiger partial charge in [0, 0.05) is 30.9 Å². The second-order valence-corrected chi connectivity index (χ2v) is 5.95. The SMILES string of the molecule is CCOc1ccc(C(=O)NCC#Cc2ccc(N(C)C)cc2)cc1OCC. The zero-order valence-electron chi connectivity index (χ0n) is 16.3. The number of hydrogen-bond donors (Lipinski definition) is 1. The average molecular weight is 366 g/mol. The first-order valence-corrected chi connectivity index (χ1v) is 8.99. The third-order valence-electron chi connectivity index (χ3n) is 3.76. The van der Waals surface area contributed by atoms with Gasteiger partial charge in [-0.3, -0.25) is 4.79 Å². The summed E-state index contributed by atoms with van der Waals surface area (Å²) >= 11 is 0. The van der Waals surface area contributed by atoms with E-state index < -0.39 is 0 Å². The lowest BCUT2D eigenvalue weighted by atomic mass is 10.2. The van der Waals surface area contributed by atoms with Crippen LogP contribution in [0.4, 0.5) is 5.69 Å². The molecule has 2 aromatic carbocycles. The van der Waals surface area contributed by atoms with Gasteiger partial charge in [0.15, 0.2) is 11.5 Å². The Morgan fingerprint density at radius 2 is 1.67 bits per heavy atom. The number of nitrogens with one attached hydrogen (secondary N) is 1. The summed E-state index contributed by atoms with van der Waals surface area (Å²) in [5, 5.41) is 2.80. The lowest BCUT2D eigenvalue weighted by Gasteiger charge is -2.12. The van der Waals surface area contributed by atoms with Crippen molar-refractivity contribution >= 4 is 11.6 Å². The second-order valence-electron chi connectivity index (χ2n) is 5.95. The first-order chi connectivity index (χ1) is 13.0. The maximum atomic E-state index is 12.3. The van der Waals surface area contributed by atoms with Gasteiger partial charge in [0.25, 0.3) is 5.91 Å². The fourth-order valence-electron chi connectivity index (χ4n) is 2.41. The van der Waals surface area contributed by atoms with Crippen LogP contribution in [0.2, 0.25) is 0 Å². The summed E-state index contributed by atoms with van der Waals surface area (Å²) in [4.78, 5) is 14.4. The van der Waals surface area contributed by atoms with Gasteiger partial charge in [-0.1, -0.05) is 11.8 Å². The maximum Gasteiger partial charge on any atom is 0.252 e. The zero-order valence-corrected chi connectivity index (χ0v) is 16.3. The molecule has 0 saturated carbocycles. The summed E-state index contributed by atoms with van der Waals surface area (Å²) in [6, 6.07) is 13.1. The van der Waals surface area contributed by atoms with Crippen molar-refractivity contribution in [2.75, 3.05) is 38.8 Å². The number of benzene rings is 2. The molecule has 0 aliphatic heterocycles. The van der Waals surface area contributed by atoms with E-state index in [1.54, 1.807) is 18.2 Å². The average Bonchev–Trinajstić information content (AvgIpc) is 2.67. The predicted octanol–water partition coefficient (Wildman–Crippen LogP) is 3.33. The van der Waals surface area contributed by atoms with Crippen LogP contribution in [0.1, 0.15) is 29.8 Å². The molecule has 0 fully saturated rings. The summed E-state index contributed by atoms with van der Waals surface area (Å²) in [6.07, 6.45) is 0. The molecule has 0 aromatic heterocycles. The number of anilines is 1. The third kappa shape index (κ3) is 5.96. The van der Waals surface area contributed by atoms with Crippen LogP contribution >= 0.6 is 0 Å². The van der Waals surface area contributed by atoms with Crippen molar-refractivity contribution in [2.45, 2.75) is 13.8 Å². The number of amides is 1. The van der Waals surface area contributed by atoms with Crippen molar-refractivity contribution in [2.24, 2.45) is 0 Å². The quantitative estimate of drug-likeness (QED) is 0.764. The molecule has 5 nitrogen and oxygen atoms in total. The first-order valence-electron chi connectivity index (χ1n) is 8.99. The van der Waals surface area contributed by atoms with Crippen LogP contribution in [0.5, 0.6) is 11.5 Å². The molecule has 2 rings (SSSR count). The van der Waals surface area contributed by atoms with Gasteiger partial charge in [-0.05, 0) is 56.3 Å². The number of hydrogen-bond acceptors (Lipinski definition) is 4. The molecule has 0 spiro atoms. The van der Waals surface area contributed by atoms with Gasteiger partial charge in [-0.2, -0.15) is 0 Å². The van der Waals surface area contributed by atoms with Crippen molar-refractivity contribution in [3.63, 3.8) is 0 Å². The fourth-order valence-corrected chi connectivity index (χ4v) is 2.41. The van der Waals surface area contributed by atoms with E-state index in [0.717, 1.165) is 11.3 Å². The van der Waals surface area contributed by atoms with E-state index in [1.165, 1.54) is 0 Å². The van der Waals surface area contributed by atoms with E-state index in [-0.39, 0.29) is 12.5 Å². The molecule has 0 radical (unpaired) electrons. The topological polar surface area (TPSA) is 50.8 Å². The standard InChI is InChI=1S/C22H26N2O3/c1-5-26-20-14-11-18(16-21(20)27-6-2)22(25)23-15-7-8-17-9-12-19(13-10-17)24(3)4/h9-14,16H,5-6,15H2,1-4H3,(H,23,25). The minimum atomic E-state index is -0.198. The molecule has 0 bridgehead atoms. The van der Waals surface area contributed by atoms with Crippen molar-refractivity contribution in [3.8, 4) is 23.3 Å². The first kappa shape index (κ1) is 20.2. The molecule has 0 heterocycles. The summed E-state index contributed by atoms with van der Waals surface area (Å²) in [5.41, 5.74) is 2.54. The molecule has 1 N–H and O–H groups in total. The third-order valence-corrected chi connectivity index (χ3v) is 3.76. The molecule has 5 heteroatoms. The Hall–Kier alpha value is -3.13. The van der Waals surface area contributed by atoms with Crippen LogP contribution in [-0.2, 0) is 0 Å². The highest BCUT2D eigenvalue weighted by Gasteiger charge is 2.10. The van der Waals surface area contributed by atoms with Gasteiger partial charge in [0.2, 0.25) is 0 Å². The van der Waals surface area contributed by atoms with Crippen LogP contribution in [0, 0.1) is 11.8 Å². The molecule has 0 unspecified atom stereocenters. The van der Waals surface area contributed by atoms with Crippen molar-refractivity contribution in [3.05, 3.63) is 53.6 Å². The van der Waals surface area contributed by atoms with Crippen LogP contribution in [0.15, 0.2) is 42.5 Å². The van der Waals surface area contributed by atoms with Gasteiger partial charge in [0.1, 0.15) is 0 Å². The van der Waals surface area contributed by atoms with E-state index >= 15 is 0 Å². The Morgan fingerprint density at radius 1 is 1.00 bits per heavy atom. The van der Waals surface area contributed by atoms with Gasteiger partial charge in [-0.25, -0.2) is 0 Å². The lowest BCUT2D eigenvalue weighted by molar-refractivity contribution is 0.0958. The summed E-state index contributed by atoms with van der Waals surface area (Å²) < 4.78 is 11.1. The van der Waals surface area contributed by atoms with Crippen LogP contribution in [0.3, 0.4) is 0 Å². The van der Waals surface area contributed by atoms with E-state index in [4.69, 9.17) is 9.47 Å². The Labute approximate surface area is 161 Å². The summed E-state index contributed by atoms with van der Waals surface area (Å²) in [5.74, 6) is 7.02. The molecular weight excluding hydrogens is 340 g/mol. The fraction of sp³-hybridized carbons (Fsp3) is 0.318. The Morgan fingerprint density at radius 3 is 2.30 bits per heavy atom. The van der Waals surface area contributed by atoms with Gasteiger partial charge in [0.05, 0.1) is 19.8 Å². The molecule has 27 heavy (non-hydrogen) atoms. The van der Waals surface area contributed by atoms with Crippen molar-refractivity contribution in [1.82, 2.24) is 5.32 Å². The predicted molar refractivity (Wildman–Crippen MR) is 109 cm³/mol. The van der Waals surface area contributed by atoms with Crippen LogP contribution in [0.25, 0.3) is 0 Å². The van der Waals surface area contributed by atoms with Crippen molar-refractivity contribution in [1.29, 1.82) is 0 Å². The van der Waals surface area contributed by atoms with E-state index in [1.807, 2.05) is 57.1 Å². The van der Waals surface area contributed by atoms with E-state index in [2.05, 4.69) is 17.2 Å². The second kappa shape index (κ2) is 10.1. The maximum absolute atomic E-state index is 12.3. The highest BCUT2D eigenvalue weighted by molar-refractivity contribution is 5.95. The zero-order chi connectivity index (χ0) is 19.6. The molecule has 0 aliphatic rings. The van der Waals surface area contributed by atoms with E-state index in [0.29, 0.717) is 30.3 Å². The Bertz CT molecular complexity index is 818. The highest BCUT2D eigenvalue weighted by atomic mass is 16.5. The van der Waals surface area contributed by atoms with Crippen LogP contribution < -0.4 is 19.7 Å². The molecular formula is C22H26N2O3. The largest absolute Gasteiger partial charge is 0.490 e. The number of ether oxygens (including phenoxy) is 2. The monoisotopic (exact) mass is 366 g/mol. The summed E-state index contributed by atoms with van der Waals surface area (Å²) in [7, 11) is 3.99. The van der Waals surface area contributed by atoms with Crippen molar-refractivity contribution < 1.29 is 14.3 Å². The number of carbonyl (C=O) groups is 1. The molecule has 0 saturated heterocycles. The molecule has 0 atom stereocenters. The number of carbonyl (C=O) groups excluding carboxylic acids is 1. The molecule has 2 aromatic rings. The van der Waals surface area contributed by atoms with Gasteiger partial charge in [-0.15, -0.1) is 0 Å². The van der Waals surface area contributed by atoms with E-state index in [9.17, 15) is 4.79 Å². The Kier molecular flexibility index (Phi) is 7.57. The highest BCUT2D eigenvalue weighted by Crippen LogP contribution is 2.28. The molecule has 1 amide bonds.